The highest BCUT2D eigenvalue weighted by atomic mass is 15.2. The fraction of sp³-hybridized carbons (Fsp3) is 0. The number of fused-ring (bicyclic) bond motifs is 7. The monoisotopic (exact) mass is 872 g/mol. The molecule has 14 aromatic rings. The summed E-state index contributed by atoms with van der Waals surface area (Å²) in [5.41, 5.74) is 14.6. The largest absolute Gasteiger partial charge is 0.311 e. The average Bonchev–Trinajstić information content (AvgIpc) is 3.41. The lowest BCUT2D eigenvalue weighted by atomic mass is 9.33. The topological polar surface area (TPSA) is 32.3 Å². The quantitative estimate of drug-likeness (QED) is 0.130. The maximum Gasteiger partial charge on any atom is 0.252 e. The number of benzene rings is 13. The van der Waals surface area contributed by atoms with Gasteiger partial charge in [0, 0.05) is 61.4 Å². The Hall–Kier alpha value is -9.06. The van der Waals surface area contributed by atoms with Gasteiger partial charge in [-0.2, -0.15) is 0 Å². The molecule has 4 nitrogen and oxygen atoms in total. The van der Waals surface area contributed by atoms with Gasteiger partial charge in [0.25, 0.3) is 6.71 Å². The van der Waals surface area contributed by atoms with Crippen LogP contribution in [0.2, 0.25) is 0 Å². The summed E-state index contributed by atoms with van der Waals surface area (Å²) in [5.74, 6) is 0.687. The predicted molar refractivity (Wildman–Crippen MR) is 292 cm³/mol. The first-order chi connectivity index (χ1) is 34.2. The molecular weight excluding hydrogens is 836 g/mol. The molecule has 0 N–H and O–H groups in total. The highest BCUT2D eigenvalue weighted by Crippen LogP contribution is 2.51. The molecule has 0 amide bonds. The van der Waals surface area contributed by atoms with Gasteiger partial charge in [-0.05, 0) is 113 Å². The summed E-state index contributed by atoms with van der Waals surface area (Å²) in [6.45, 7) is -0.116. The molecule has 0 fully saturated rings. The van der Waals surface area contributed by atoms with Gasteiger partial charge in [0.15, 0.2) is 5.82 Å². The maximum absolute atomic E-state index is 5.55. The summed E-state index contributed by atoms with van der Waals surface area (Å²) in [7, 11) is 0. The van der Waals surface area contributed by atoms with E-state index in [2.05, 4.69) is 234 Å². The number of nitrogens with zero attached hydrogens (tertiary/aromatic N) is 4. The van der Waals surface area contributed by atoms with Crippen molar-refractivity contribution in [3.63, 3.8) is 0 Å². The van der Waals surface area contributed by atoms with E-state index >= 15 is 0 Å². The highest BCUT2D eigenvalue weighted by Gasteiger charge is 2.45. The van der Waals surface area contributed by atoms with E-state index in [4.69, 9.17) is 9.97 Å². The minimum Gasteiger partial charge on any atom is -0.311 e. The van der Waals surface area contributed by atoms with E-state index in [0.717, 1.165) is 50.5 Å². The second-order valence-electron chi connectivity index (χ2n) is 18.8. The van der Waals surface area contributed by atoms with E-state index in [1.54, 1.807) is 0 Å². The molecule has 0 bridgehead atoms. The number of para-hydroxylation sites is 3. The molecule has 13 aromatic carbocycles. The van der Waals surface area contributed by atoms with Crippen molar-refractivity contribution in [2.75, 3.05) is 9.80 Å². The van der Waals surface area contributed by atoms with Gasteiger partial charge < -0.3 is 9.80 Å². The first-order valence-corrected chi connectivity index (χ1v) is 23.9. The Balaban J connectivity index is 1.10. The van der Waals surface area contributed by atoms with E-state index in [9.17, 15) is 0 Å². The summed E-state index contributed by atoms with van der Waals surface area (Å²) in [6.07, 6.45) is 0. The third-order valence-electron chi connectivity index (χ3n) is 15.2. The minimum atomic E-state index is -0.116. The van der Waals surface area contributed by atoms with Crippen molar-refractivity contribution in [3.05, 3.63) is 224 Å². The Kier molecular flexibility index (Phi) is 7.39. The molecule has 1 aromatic heterocycles. The molecule has 0 atom stereocenters. The Bertz CT molecular complexity index is 4190. The Morgan fingerprint density at radius 1 is 0.333 bits per heavy atom. The molecule has 316 valence electrons. The molecule has 0 aliphatic carbocycles. The van der Waals surface area contributed by atoms with Crippen LogP contribution in [0.3, 0.4) is 0 Å². The summed E-state index contributed by atoms with van der Waals surface area (Å²) < 4.78 is 0. The summed E-state index contributed by atoms with van der Waals surface area (Å²) in [6, 6.07) is 82.9. The van der Waals surface area contributed by atoms with Crippen LogP contribution in [0, 0.1) is 0 Å². The van der Waals surface area contributed by atoms with Gasteiger partial charge >= 0.3 is 0 Å². The van der Waals surface area contributed by atoms with Crippen LogP contribution in [0.1, 0.15) is 0 Å². The van der Waals surface area contributed by atoms with Crippen LogP contribution in [0.15, 0.2) is 224 Å². The first-order valence-electron chi connectivity index (χ1n) is 23.9. The second kappa shape index (κ2) is 13.8. The van der Waals surface area contributed by atoms with Gasteiger partial charge in [0.2, 0.25) is 0 Å². The Morgan fingerprint density at radius 3 is 1.33 bits per heavy atom. The lowest BCUT2D eigenvalue weighted by Gasteiger charge is -2.45. The summed E-state index contributed by atoms with van der Waals surface area (Å²) in [4.78, 5) is 16.1. The van der Waals surface area contributed by atoms with Crippen molar-refractivity contribution in [3.8, 4) is 22.6 Å². The van der Waals surface area contributed by atoms with Gasteiger partial charge in [-0.15, -0.1) is 0 Å². The molecule has 0 radical (unpaired) electrons. The van der Waals surface area contributed by atoms with Crippen LogP contribution in [-0.4, -0.2) is 16.7 Å². The predicted octanol–water partition coefficient (Wildman–Crippen LogP) is 14.8. The zero-order chi connectivity index (χ0) is 44.9. The third kappa shape index (κ3) is 5.08. The normalized spacial score (nSPS) is 13.1. The third-order valence-corrected chi connectivity index (χ3v) is 15.2. The molecule has 0 saturated heterocycles. The molecule has 5 heteroatoms. The van der Waals surface area contributed by atoms with Crippen molar-refractivity contribution in [1.29, 1.82) is 0 Å². The highest BCUT2D eigenvalue weighted by molar-refractivity contribution is 7.01. The molecule has 2 aliphatic heterocycles. The molecule has 69 heavy (non-hydrogen) atoms. The van der Waals surface area contributed by atoms with Crippen LogP contribution in [0.5, 0.6) is 0 Å². The Morgan fingerprint density at radius 2 is 0.797 bits per heavy atom. The molecule has 0 spiro atoms. The van der Waals surface area contributed by atoms with Crippen LogP contribution < -0.4 is 26.2 Å². The van der Waals surface area contributed by atoms with Gasteiger partial charge in [-0.3, -0.25) is 0 Å². The van der Waals surface area contributed by atoms with E-state index in [1.165, 1.54) is 92.4 Å². The van der Waals surface area contributed by atoms with E-state index < -0.39 is 0 Å². The zero-order valence-corrected chi connectivity index (χ0v) is 37.2. The van der Waals surface area contributed by atoms with E-state index in [0.29, 0.717) is 5.82 Å². The Labute approximate surface area is 397 Å². The van der Waals surface area contributed by atoms with E-state index in [1.807, 2.05) is 0 Å². The van der Waals surface area contributed by atoms with Crippen molar-refractivity contribution in [2.45, 2.75) is 0 Å². The average molecular weight is 873 g/mol. The number of anilines is 6. The number of aromatic nitrogens is 2. The fourth-order valence-corrected chi connectivity index (χ4v) is 12.4. The van der Waals surface area contributed by atoms with Gasteiger partial charge in [0.1, 0.15) is 0 Å². The van der Waals surface area contributed by atoms with E-state index in [-0.39, 0.29) is 6.71 Å². The molecule has 16 rings (SSSR count). The molecule has 0 saturated carbocycles. The smallest absolute Gasteiger partial charge is 0.252 e. The van der Waals surface area contributed by atoms with Crippen LogP contribution in [-0.2, 0) is 0 Å². The standard InChI is InChI=1S/C64H37BN4/c1-4-14-42(15-5-1)61-48-24-10-11-25-53(48)66-64(67-61)45-36-54-60-55(37-45)69(47-22-8-3-9-23-47)63-50-33-31-41-19-13-17-39-27-29-44(59(50)57(39)41)35-52(63)65(60)51-34-43-28-26-38-16-12-18-40-30-32-49(58(43)56(38)40)62(51)68(54)46-20-6-2-7-21-46/h1-37H. The van der Waals surface area contributed by atoms with Crippen molar-refractivity contribution in [2.24, 2.45) is 0 Å². The summed E-state index contributed by atoms with van der Waals surface area (Å²) >= 11 is 0. The molecule has 3 heterocycles. The van der Waals surface area contributed by atoms with Crippen LogP contribution >= 0.6 is 0 Å². The number of rotatable bonds is 4. The number of hydrogen-bond donors (Lipinski definition) is 0. The van der Waals surface area contributed by atoms with Gasteiger partial charge in [0.05, 0.1) is 11.2 Å². The SMILES string of the molecule is c1ccc(-c2nc(-c3cc4c5c(c3)N(c3ccccc3)c3c(cc6ccc7cccc8ccc3c6c78)B5c3cc5ccc6cccc7ccc(c3N4c3ccccc3)c5c67)nc3ccccc23)cc1. The minimum absolute atomic E-state index is 0.116. The number of hydrogen-bond acceptors (Lipinski definition) is 4. The maximum atomic E-state index is 5.55. The lowest BCUT2D eigenvalue weighted by molar-refractivity contribution is 1.21. The lowest BCUT2D eigenvalue weighted by Crippen LogP contribution is -2.61. The molecule has 2 aliphatic rings. The van der Waals surface area contributed by atoms with Crippen LogP contribution in [0.4, 0.5) is 34.1 Å². The molecular formula is C64H37BN4. The fourth-order valence-electron chi connectivity index (χ4n) is 12.4. The molecule has 0 unspecified atom stereocenters. The second-order valence-corrected chi connectivity index (χ2v) is 18.8. The summed E-state index contributed by atoms with van der Waals surface area (Å²) in [5, 5.41) is 16.3. The van der Waals surface area contributed by atoms with Crippen molar-refractivity contribution >= 4 is 133 Å². The zero-order valence-electron chi connectivity index (χ0n) is 37.2. The van der Waals surface area contributed by atoms with Gasteiger partial charge in [-0.25, -0.2) is 9.97 Å². The van der Waals surface area contributed by atoms with Gasteiger partial charge in [-0.1, -0.05) is 182 Å². The van der Waals surface area contributed by atoms with Crippen LogP contribution in [0.25, 0.3) is 98.2 Å². The van der Waals surface area contributed by atoms with Crippen molar-refractivity contribution in [1.82, 2.24) is 9.97 Å². The first kappa shape index (κ1) is 37.1. The van der Waals surface area contributed by atoms with Crippen molar-refractivity contribution < 1.29 is 0 Å².